The van der Waals surface area contributed by atoms with Gasteiger partial charge in [-0.2, -0.15) is 0 Å². The Balaban J connectivity index is 4.10. The molecule has 9 heteroatoms. The normalized spacial score (nSPS) is 11.6. The molecule has 0 heterocycles. The van der Waals surface area contributed by atoms with E-state index in [0.717, 1.165) is 0 Å². The van der Waals surface area contributed by atoms with E-state index in [1.54, 1.807) is 0 Å². The fourth-order valence-electron chi connectivity index (χ4n) is 1.15. The van der Waals surface area contributed by atoms with Crippen molar-refractivity contribution in [3.05, 3.63) is 0 Å². The van der Waals surface area contributed by atoms with Crippen LogP contribution in [0.25, 0.3) is 0 Å². The van der Waals surface area contributed by atoms with Crippen molar-refractivity contribution < 1.29 is 24.3 Å². The molecular formula is C11H20N4O5. The summed E-state index contributed by atoms with van der Waals surface area (Å²) in [6.07, 6.45) is -0.525. The van der Waals surface area contributed by atoms with Gasteiger partial charge >= 0.3 is 12.0 Å². The van der Waals surface area contributed by atoms with Crippen LogP contribution in [0.15, 0.2) is 0 Å². The first-order valence-electron chi connectivity index (χ1n) is 6.04. The maximum atomic E-state index is 11.4. The molecule has 9 nitrogen and oxygen atoms in total. The van der Waals surface area contributed by atoms with Gasteiger partial charge in [0, 0.05) is 6.54 Å². The van der Waals surface area contributed by atoms with E-state index in [-0.39, 0.29) is 12.5 Å². The number of amides is 4. The Bertz CT molecular complexity index is 383. The highest BCUT2D eigenvalue weighted by atomic mass is 16.4. The highest BCUT2D eigenvalue weighted by molar-refractivity contribution is 5.89. The fourth-order valence-corrected chi connectivity index (χ4v) is 1.15. The maximum absolute atomic E-state index is 11.4. The van der Waals surface area contributed by atoms with Crippen LogP contribution in [0.5, 0.6) is 0 Å². The summed E-state index contributed by atoms with van der Waals surface area (Å²) in [5.41, 5.74) is 4.86. The van der Waals surface area contributed by atoms with E-state index < -0.39 is 36.3 Å². The van der Waals surface area contributed by atoms with Gasteiger partial charge in [0.25, 0.3) is 0 Å². The first-order valence-corrected chi connectivity index (χ1v) is 6.04. The third-order valence-corrected chi connectivity index (χ3v) is 2.13. The van der Waals surface area contributed by atoms with Crippen LogP contribution in [0.3, 0.4) is 0 Å². The molecule has 0 aromatic carbocycles. The summed E-state index contributed by atoms with van der Waals surface area (Å²) < 4.78 is 0. The molecule has 0 aliphatic rings. The Hall–Kier alpha value is -2.32. The fraction of sp³-hybridized carbons (Fsp3) is 0.636. The molecule has 0 aromatic rings. The number of hydrogen-bond donors (Lipinski definition) is 5. The standard InChI is InChI=1S/C11H20N4O5/c1-6(2)4-13-9(17)5-14-11(20)15-7(10(18)19)3-8(12)16/h6-7H,3-5H2,1-2H3,(H2,12,16)(H,13,17)(H,18,19)(H2,14,15,20). The summed E-state index contributed by atoms with van der Waals surface area (Å²) in [7, 11) is 0. The van der Waals surface area contributed by atoms with Gasteiger partial charge in [0.1, 0.15) is 6.04 Å². The topological polar surface area (TPSA) is 151 Å². The quantitative estimate of drug-likeness (QED) is 0.364. The summed E-state index contributed by atoms with van der Waals surface area (Å²) in [6.45, 7) is 4.02. The minimum Gasteiger partial charge on any atom is -0.480 e. The first-order chi connectivity index (χ1) is 9.22. The molecule has 0 aliphatic heterocycles. The van der Waals surface area contributed by atoms with Crippen molar-refractivity contribution in [1.82, 2.24) is 16.0 Å². The van der Waals surface area contributed by atoms with Crippen molar-refractivity contribution in [2.75, 3.05) is 13.1 Å². The monoisotopic (exact) mass is 288 g/mol. The maximum Gasteiger partial charge on any atom is 0.326 e. The zero-order valence-electron chi connectivity index (χ0n) is 11.4. The summed E-state index contributed by atoms with van der Waals surface area (Å²) in [5.74, 6) is -2.36. The molecule has 0 fully saturated rings. The van der Waals surface area contributed by atoms with Crippen LogP contribution in [-0.2, 0) is 14.4 Å². The second-order valence-electron chi connectivity index (χ2n) is 4.59. The van der Waals surface area contributed by atoms with E-state index in [1.807, 2.05) is 19.2 Å². The molecule has 1 atom stereocenters. The molecule has 0 saturated heterocycles. The zero-order valence-corrected chi connectivity index (χ0v) is 11.4. The number of carboxylic acids is 1. The van der Waals surface area contributed by atoms with E-state index in [1.165, 1.54) is 0 Å². The lowest BCUT2D eigenvalue weighted by atomic mass is 10.2. The molecule has 0 bridgehead atoms. The molecule has 0 rings (SSSR count). The first kappa shape index (κ1) is 17.7. The summed E-state index contributed by atoms with van der Waals surface area (Å²) >= 11 is 0. The van der Waals surface area contributed by atoms with Gasteiger partial charge in [-0.1, -0.05) is 13.8 Å². The van der Waals surface area contributed by atoms with Gasteiger partial charge in [-0.3, -0.25) is 9.59 Å². The number of primary amides is 1. The molecule has 4 amide bonds. The van der Waals surface area contributed by atoms with Gasteiger partial charge in [-0.05, 0) is 5.92 Å². The van der Waals surface area contributed by atoms with E-state index in [9.17, 15) is 19.2 Å². The Kier molecular flexibility index (Phi) is 7.71. The number of rotatable bonds is 8. The van der Waals surface area contributed by atoms with Gasteiger partial charge in [0.2, 0.25) is 11.8 Å². The Morgan fingerprint density at radius 3 is 2.20 bits per heavy atom. The van der Waals surface area contributed by atoms with Crippen molar-refractivity contribution in [2.24, 2.45) is 11.7 Å². The van der Waals surface area contributed by atoms with Gasteiger partial charge in [-0.15, -0.1) is 0 Å². The largest absolute Gasteiger partial charge is 0.480 e. The Morgan fingerprint density at radius 1 is 1.15 bits per heavy atom. The lowest BCUT2D eigenvalue weighted by Crippen LogP contribution is -2.49. The number of urea groups is 1. The third-order valence-electron chi connectivity index (χ3n) is 2.13. The van der Waals surface area contributed by atoms with Gasteiger partial charge in [0.05, 0.1) is 13.0 Å². The number of carboxylic acid groups (broad SMARTS) is 1. The average Bonchev–Trinajstić information content (AvgIpc) is 2.32. The second-order valence-corrected chi connectivity index (χ2v) is 4.59. The van der Waals surface area contributed by atoms with Crippen molar-refractivity contribution in [3.8, 4) is 0 Å². The molecule has 6 N–H and O–H groups in total. The van der Waals surface area contributed by atoms with Gasteiger partial charge in [-0.25, -0.2) is 9.59 Å². The van der Waals surface area contributed by atoms with Crippen molar-refractivity contribution >= 4 is 23.8 Å². The predicted octanol–water partition coefficient (Wildman–Crippen LogP) is -1.61. The number of nitrogens with two attached hydrogens (primary N) is 1. The van der Waals surface area contributed by atoms with E-state index in [2.05, 4.69) is 10.6 Å². The molecule has 20 heavy (non-hydrogen) atoms. The third kappa shape index (κ3) is 8.72. The lowest BCUT2D eigenvalue weighted by Gasteiger charge is -2.13. The van der Waals surface area contributed by atoms with Crippen LogP contribution in [-0.4, -0.2) is 48.1 Å². The van der Waals surface area contributed by atoms with E-state index >= 15 is 0 Å². The predicted molar refractivity (Wildman–Crippen MR) is 69.6 cm³/mol. The summed E-state index contributed by atoms with van der Waals surface area (Å²) in [6, 6.07) is -2.29. The second kappa shape index (κ2) is 8.73. The Labute approximate surface area is 116 Å². The van der Waals surface area contributed by atoms with Crippen LogP contribution in [0.4, 0.5) is 4.79 Å². The lowest BCUT2D eigenvalue weighted by molar-refractivity contribution is -0.140. The van der Waals surface area contributed by atoms with Crippen LogP contribution in [0, 0.1) is 5.92 Å². The number of carbonyl (C=O) groups is 4. The molecular weight excluding hydrogens is 268 g/mol. The van der Waals surface area contributed by atoms with Crippen LogP contribution in [0.1, 0.15) is 20.3 Å². The van der Waals surface area contributed by atoms with E-state index in [0.29, 0.717) is 6.54 Å². The smallest absolute Gasteiger partial charge is 0.326 e. The molecule has 0 aromatic heterocycles. The Morgan fingerprint density at radius 2 is 1.75 bits per heavy atom. The highest BCUT2D eigenvalue weighted by Crippen LogP contribution is 1.91. The number of aliphatic carboxylic acids is 1. The van der Waals surface area contributed by atoms with Crippen molar-refractivity contribution in [3.63, 3.8) is 0 Å². The summed E-state index contributed by atoms with van der Waals surface area (Å²) in [4.78, 5) is 44.1. The number of hydrogen-bond acceptors (Lipinski definition) is 4. The number of nitrogens with one attached hydrogen (secondary N) is 3. The SMILES string of the molecule is CC(C)CNC(=O)CNC(=O)NC(CC(N)=O)C(=O)O. The van der Waals surface area contributed by atoms with Crippen molar-refractivity contribution in [2.45, 2.75) is 26.3 Å². The average molecular weight is 288 g/mol. The van der Waals surface area contributed by atoms with Crippen molar-refractivity contribution in [1.29, 1.82) is 0 Å². The highest BCUT2D eigenvalue weighted by Gasteiger charge is 2.22. The molecule has 114 valence electrons. The summed E-state index contributed by atoms with van der Waals surface area (Å²) in [5, 5.41) is 15.6. The van der Waals surface area contributed by atoms with Crippen LogP contribution < -0.4 is 21.7 Å². The molecule has 0 radical (unpaired) electrons. The van der Waals surface area contributed by atoms with Crippen LogP contribution >= 0.6 is 0 Å². The number of carbonyl (C=O) groups excluding carboxylic acids is 3. The zero-order chi connectivity index (χ0) is 15.7. The van der Waals surface area contributed by atoms with Gasteiger partial charge < -0.3 is 26.8 Å². The molecule has 0 spiro atoms. The molecule has 0 aliphatic carbocycles. The van der Waals surface area contributed by atoms with Gasteiger partial charge in [0.15, 0.2) is 0 Å². The molecule has 0 saturated carbocycles. The van der Waals surface area contributed by atoms with Crippen LogP contribution in [0.2, 0.25) is 0 Å². The minimum atomic E-state index is -1.42. The molecule has 1 unspecified atom stereocenters. The van der Waals surface area contributed by atoms with E-state index in [4.69, 9.17) is 10.8 Å². The minimum absolute atomic E-state index is 0.278.